The molecular formula is C21H21F2N3O3. The minimum absolute atomic E-state index is 0.00129. The summed E-state index contributed by atoms with van der Waals surface area (Å²) in [4.78, 5) is 26.1. The predicted octanol–water partition coefficient (Wildman–Crippen LogP) is 3.63. The molecule has 2 amide bonds. The summed E-state index contributed by atoms with van der Waals surface area (Å²) in [7, 11) is 0. The van der Waals surface area contributed by atoms with E-state index < -0.39 is 6.61 Å². The SMILES string of the molecule is N#CCCN(C(=O)CCC(=O)NCc1ccc(OC(F)F)cc1)c1ccccc1. The van der Waals surface area contributed by atoms with E-state index in [1.807, 2.05) is 12.1 Å². The molecule has 0 bridgehead atoms. The van der Waals surface area contributed by atoms with E-state index in [1.165, 1.54) is 17.0 Å². The van der Waals surface area contributed by atoms with Crippen molar-refractivity contribution >= 4 is 17.5 Å². The van der Waals surface area contributed by atoms with Crippen molar-refractivity contribution in [3.63, 3.8) is 0 Å². The quantitative estimate of drug-likeness (QED) is 0.659. The molecule has 2 aromatic rings. The van der Waals surface area contributed by atoms with Crippen molar-refractivity contribution in [3.05, 3.63) is 60.2 Å². The molecule has 0 aliphatic carbocycles. The molecule has 0 unspecified atom stereocenters. The first-order chi connectivity index (χ1) is 14.0. The first-order valence-corrected chi connectivity index (χ1v) is 9.02. The van der Waals surface area contributed by atoms with E-state index in [1.54, 1.807) is 36.4 Å². The van der Waals surface area contributed by atoms with Crippen LogP contribution in [0.2, 0.25) is 0 Å². The number of halogens is 2. The number of carbonyl (C=O) groups is 2. The number of amides is 2. The van der Waals surface area contributed by atoms with Crippen molar-refractivity contribution in [1.82, 2.24) is 5.32 Å². The van der Waals surface area contributed by atoms with E-state index in [0.717, 1.165) is 0 Å². The smallest absolute Gasteiger partial charge is 0.387 e. The Balaban J connectivity index is 1.82. The molecule has 0 heterocycles. The number of nitrogens with one attached hydrogen (secondary N) is 1. The number of para-hydroxylation sites is 1. The summed E-state index contributed by atoms with van der Waals surface area (Å²) in [6.45, 7) is -2.42. The van der Waals surface area contributed by atoms with Gasteiger partial charge >= 0.3 is 6.61 Å². The summed E-state index contributed by atoms with van der Waals surface area (Å²) < 4.78 is 28.5. The minimum atomic E-state index is -2.89. The van der Waals surface area contributed by atoms with Crippen LogP contribution in [0.5, 0.6) is 5.75 Å². The molecule has 6 nitrogen and oxygen atoms in total. The van der Waals surface area contributed by atoms with Crippen LogP contribution in [0.25, 0.3) is 0 Å². The van der Waals surface area contributed by atoms with Gasteiger partial charge in [0.1, 0.15) is 5.75 Å². The van der Waals surface area contributed by atoms with E-state index in [-0.39, 0.29) is 49.9 Å². The lowest BCUT2D eigenvalue weighted by Gasteiger charge is -2.21. The maximum absolute atomic E-state index is 12.5. The van der Waals surface area contributed by atoms with Gasteiger partial charge in [-0.05, 0) is 29.8 Å². The fraction of sp³-hybridized carbons (Fsp3) is 0.286. The molecule has 2 aromatic carbocycles. The molecule has 1 N–H and O–H groups in total. The van der Waals surface area contributed by atoms with Gasteiger partial charge in [-0.3, -0.25) is 9.59 Å². The van der Waals surface area contributed by atoms with Gasteiger partial charge in [0.15, 0.2) is 0 Å². The Kier molecular flexibility index (Phi) is 8.57. The van der Waals surface area contributed by atoms with Crippen molar-refractivity contribution in [1.29, 1.82) is 5.26 Å². The van der Waals surface area contributed by atoms with Gasteiger partial charge in [0, 0.05) is 31.6 Å². The molecule has 29 heavy (non-hydrogen) atoms. The summed E-state index contributed by atoms with van der Waals surface area (Å²) >= 11 is 0. The number of hydrogen-bond acceptors (Lipinski definition) is 4. The Hall–Kier alpha value is -3.47. The summed E-state index contributed by atoms with van der Waals surface area (Å²) in [5, 5.41) is 11.5. The third-order valence-electron chi connectivity index (χ3n) is 4.02. The number of nitrogens with zero attached hydrogens (tertiary/aromatic N) is 2. The highest BCUT2D eigenvalue weighted by molar-refractivity contribution is 5.95. The van der Waals surface area contributed by atoms with Crippen LogP contribution in [-0.4, -0.2) is 25.0 Å². The molecule has 0 saturated carbocycles. The molecule has 0 radical (unpaired) electrons. The lowest BCUT2D eigenvalue weighted by Crippen LogP contribution is -2.33. The monoisotopic (exact) mass is 401 g/mol. The van der Waals surface area contributed by atoms with Crippen molar-refractivity contribution in [3.8, 4) is 11.8 Å². The van der Waals surface area contributed by atoms with E-state index in [0.29, 0.717) is 11.3 Å². The number of benzene rings is 2. The lowest BCUT2D eigenvalue weighted by molar-refractivity contribution is -0.125. The van der Waals surface area contributed by atoms with Gasteiger partial charge in [-0.1, -0.05) is 30.3 Å². The normalized spacial score (nSPS) is 10.3. The number of rotatable bonds is 10. The highest BCUT2D eigenvalue weighted by Gasteiger charge is 2.16. The fourth-order valence-corrected chi connectivity index (χ4v) is 2.60. The lowest BCUT2D eigenvalue weighted by atomic mass is 10.2. The Morgan fingerprint density at radius 1 is 1.07 bits per heavy atom. The fourth-order valence-electron chi connectivity index (χ4n) is 2.60. The van der Waals surface area contributed by atoms with Crippen LogP contribution in [0.1, 0.15) is 24.8 Å². The Morgan fingerprint density at radius 2 is 1.76 bits per heavy atom. The van der Waals surface area contributed by atoms with Crippen LogP contribution in [0.15, 0.2) is 54.6 Å². The van der Waals surface area contributed by atoms with E-state index in [9.17, 15) is 18.4 Å². The number of anilines is 1. The largest absolute Gasteiger partial charge is 0.435 e. The van der Waals surface area contributed by atoms with Crippen molar-refractivity contribution in [2.24, 2.45) is 0 Å². The van der Waals surface area contributed by atoms with Crippen molar-refractivity contribution in [2.75, 3.05) is 11.4 Å². The van der Waals surface area contributed by atoms with Gasteiger partial charge in [0.05, 0.1) is 12.5 Å². The van der Waals surface area contributed by atoms with Crippen molar-refractivity contribution < 1.29 is 23.1 Å². The van der Waals surface area contributed by atoms with Crippen LogP contribution in [0.3, 0.4) is 0 Å². The number of alkyl halides is 2. The Labute approximate surface area is 167 Å². The van der Waals surface area contributed by atoms with Gasteiger partial charge in [-0.2, -0.15) is 14.0 Å². The summed E-state index contributed by atoms with van der Waals surface area (Å²) in [5.41, 5.74) is 1.39. The molecule has 152 valence electrons. The Morgan fingerprint density at radius 3 is 2.38 bits per heavy atom. The van der Waals surface area contributed by atoms with Gasteiger partial charge < -0.3 is 15.0 Å². The molecule has 0 saturated heterocycles. The molecule has 0 spiro atoms. The highest BCUT2D eigenvalue weighted by Crippen LogP contribution is 2.16. The van der Waals surface area contributed by atoms with Crippen LogP contribution in [0, 0.1) is 11.3 Å². The summed E-state index contributed by atoms with van der Waals surface area (Å²) in [5.74, 6) is -0.506. The molecule has 0 fully saturated rings. The van der Waals surface area contributed by atoms with Crippen LogP contribution in [-0.2, 0) is 16.1 Å². The van der Waals surface area contributed by atoms with Crippen LogP contribution in [0.4, 0.5) is 14.5 Å². The zero-order valence-corrected chi connectivity index (χ0v) is 15.7. The van der Waals surface area contributed by atoms with Gasteiger partial charge in [0.25, 0.3) is 0 Å². The second kappa shape index (κ2) is 11.4. The standard InChI is InChI=1S/C21H21F2N3O3/c22-21(23)29-18-9-7-16(8-10-18)15-25-19(27)11-12-20(28)26(14-4-13-24)17-5-2-1-3-6-17/h1-3,5-10,21H,4,11-12,14-15H2,(H,25,27). The van der Waals surface area contributed by atoms with E-state index in [2.05, 4.69) is 10.1 Å². The van der Waals surface area contributed by atoms with Gasteiger partial charge in [0.2, 0.25) is 11.8 Å². The Bertz CT molecular complexity index is 836. The molecule has 0 aromatic heterocycles. The second-order valence-corrected chi connectivity index (χ2v) is 6.09. The van der Waals surface area contributed by atoms with Crippen molar-refractivity contribution in [2.45, 2.75) is 32.4 Å². The zero-order chi connectivity index (χ0) is 21.1. The minimum Gasteiger partial charge on any atom is -0.435 e. The average Bonchev–Trinajstić information content (AvgIpc) is 2.72. The van der Waals surface area contributed by atoms with E-state index in [4.69, 9.17) is 5.26 Å². The van der Waals surface area contributed by atoms with Gasteiger partial charge in [-0.15, -0.1) is 0 Å². The molecule has 0 aliphatic rings. The van der Waals surface area contributed by atoms with Gasteiger partial charge in [-0.25, -0.2) is 0 Å². The molecule has 0 aliphatic heterocycles. The molecule has 8 heteroatoms. The maximum atomic E-state index is 12.5. The first kappa shape index (κ1) is 21.8. The number of hydrogen-bond donors (Lipinski definition) is 1. The van der Waals surface area contributed by atoms with Crippen LogP contribution < -0.4 is 15.0 Å². The van der Waals surface area contributed by atoms with Crippen LogP contribution >= 0.6 is 0 Å². The third-order valence-corrected chi connectivity index (χ3v) is 4.02. The number of nitriles is 1. The molecule has 0 atom stereocenters. The number of carbonyl (C=O) groups excluding carboxylic acids is 2. The summed E-state index contributed by atoms with van der Waals surface area (Å²) in [6, 6.07) is 16.9. The second-order valence-electron chi connectivity index (χ2n) is 6.09. The topological polar surface area (TPSA) is 82.4 Å². The molecule has 2 rings (SSSR count). The zero-order valence-electron chi connectivity index (χ0n) is 15.7. The predicted molar refractivity (Wildman–Crippen MR) is 103 cm³/mol. The molecular weight excluding hydrogens is 380 g/mol. The third kappa shape index (κ3) is 7.58. The summed E-state index contributed by atoms with van der Waals surface area (Å²) in [6.07, 6.45) is 0.201. The highest BCUT2D eigenvalue weighted by atomic mass is 19.3. The maximum Gasteiger partial charge on any atom is 0.387 e. The number of ether oxygens (including phenoxy) is 1. The first-order valence-electron chi connectivity index (χ1n) is 9.02. The average molecular weight is 401 g/mol. The van der Waals surface area contributed by atoms with E-state index >= 15 is 0 Å².